The van der Waals surface area contributed by atoms with Gasteiger partial charge in [0, 0.05) is 46.5 Å². The summed E-state index contributed by atoms with van der Waals surface area (Å²) in [6.07, 6.45) is -2.38. The fourth-order valence-corrected chi connectivity index (χ4v) is 5.85. The summed E-state index contributed by atoms with van der Waals surface area (Å²) in [4.78, 5) is 3.92. The molecule has 0 aliphatic heterocycles. The zero-order valence-electron chi connectivity index (χ0n) is 20.0. The van der Waals surface area contributed by atoms with Crippen LogP contribution in [0.15, 0.2) is 36.7 Å². The van der Waals surface area contributed by atoms with E-state index in [0.717, 1.165) is 12.3 Å². The predicted molar refractivity (Wildman–Crippen MR) is 128 cm³/mol. The number of halogens is 4. The highest BCUT2D eigenvalue weighted by molar-refractivity contribution is 7.90. The highest BCUT2D eigenvalue weighted by Gasteiger charge is 2.40. The molecule has 1 aliphatic rings. The number of nitrogens with one attached hydrogen (secondary N) is 1. The molecule has 36 heavy (non-hydrogen) atoms. The van der Waals surface area contributed by atoms with Gasteiger partial charge >= 0.3 is 0 Å². The summed E-state index contributed by atoms with van der Waals surface area (Å²) in [5.74, 6) is 0. The molecule has 2 aromatic heterocycles. The quantitative estimate of drug-likeness (QED) is 0.371. The van der Waals surface area contributed by atoms with Gasteiger partial charge in [0.15, 0.2) is 0 Å². The number of alkyl halides is 4. The SMILES string of the molecule is CC(C)(C)Cn1cc(C(NS(=O)(=O)C2CC2)C(F)F)c2ccc(-c3c(C(F)F)ccnc3C#N)cc21. The van der Waals surface area contributed by atoms with E-state index in [4.69, 9.17) is 0 Å². The molecule has 0 amide bonds. The fourth-order valence-electron chi connectivity index (χ4n) is 4.31. The van der Waals surface area contributed by atoms with Crippen molar-refractivity contribution in [3.8, 4) is 17.2 Å². The van der Waals surface area contributed by atoms with Crippen molar-refractivity contribution in [2.75, 3.05) is 0 Å². The van der Waals surface area contributed by atoms with E-state index >= 15 is 0 Å². The van der Waals surface area contributed by atoms with E-state index < -0.39 is 34.2 Å². The summed E-state index contributed by atoms with van der Waals surface area (Å²) in [5.41, 5.74) is -0.00632. The average molecular weight is 523 g/mol. The molecular weight excluding hydrogens is 496 g/mol. The van der Waals surface area contributed by atoms with Crippen LogP contribution in [0.5, 0.6) is 0 Å². The van der Waals surface area contributed by atoms with Gasteiger partial charge in [0.1, 0.15) is 17.8 Å². The van der Waals surface area contributed by atoms with Gasteiger partial charge in [-0.05, 0) is 36.0 Å². The van der Waals surface area contributed by atoms with E-state index in [1.807, 2.05) is 26.8 Å². The second kappa shape index (κ2) is 9.48. The maximum Gasteiger partial charge on any atom is 0.264 e. The Labute approximate surface area is 207 Å². The molecule has 0 saturated heterocycles. The molecule has 1 saturated carbocycles. The lowest BCUT2D eigenvalue weighted by molar-refractivity contribution is 0.109. The molecule has 2 heterocycles. The molecule has 4 rings (SSSR count). The number of sulfonamides is 1. The monoisotopic (exact) mass is 522 g/mol. The van der Waals surface area contributed by atoms with Crippen LogP contribution >= 0.6 is 0 Å². The molecule has 0 radical (unpaired) electrons. The maximum atomic E-state index is 14.2. The highest BCUT2D eigenvalue weighted by Crippen LogP contribution is 2.39. The summed E-state index contributed by atoms with van der Waals surface area (Å²) in [6, 6.07) is 5.75. The van der Waals surface area contributed by atoms with Gasteiger partial charge < -0.3 is 4.57 Å². The van der Waals surface area contributed by atoms with Crippen LogP contribution in [0, 0.1) is 16.7 Å². The van der Waals surface area contributed by atoms with E-state index in [0.29, 0.717) is 30.3 Å². The van der Waals surface area contributed by atoms with Gasteiger partial charge in [0.25, 0.3) is 12.9 Å². The molecular formula is C25H26F4N4O2S. The van der Waals surface area contributed by atoms with E-state index in [9.17, 15) is 31.2 Å². The Morgan fingerprint density at radius 1 is 1.17 bits per heavy atom. The molecule has 0 spiro atoms. The Kier molecular flexibility index (Phi) is 6.88. The molecule has 3 aromatic rings. The molecule has 1 N–H and O–H groups in total. The van der Waals surface area contributed by atoms with Crippen molar-refractivity contribution in [3.63, 3.8) is 0 Å². The zero-order valence-corrected chi connectivity index (χ0v) is 20.8. The second-order valence-corrected chi connectivity index (χ2v) is 12.2. The number of hydrogen-bond donors (Lipinski definition) is 1. The number of pyridine rings is 1. The van der Waals surface area contributed by atoms with Crippen molar-refractivity contribution < 1.29 is 26.0 Å². The lowest BCUT2D eigenvalue weighted by Gasteiger charge is -2.20. The van der Waals surface area contributed by atoms with Gasteiger partial charge in [-0.1, -0.05) is 32.9 Å². The summed E-state index contributed by atoms with van der Waals surface area (Å²) in [5, 5.41) is 9.19. The lowest BCUT2D eigenvalue weighted by atomic mass is 9.96. The fraction of sp³-hybridized carbons (Fsp3) is 0.440. The topological polar surface area (TPSA) is 87.8 Å². The third kappa shape index (κ3) is 5.25. The minimum Gasteiger partial charge on any atom is -0.347 e. The normalized spacial score (nSPS) is 15.6. The second-order valence-electron chi connectivity index (χ2n) is 10.2. The Morgan fingerprint density at radius 2 is 1.86 bits per heavy atom. The third-order valence-electron chi connectivity index (χ3n) is 6.01. The van der Waals surface area contributed by atoms with E-state index in [1.54, 1.807) is 10.6 Å². The minimum atomic E-state index is -3.92. The van der Waals surface area contributed by atoms with Gasteiger partial charge in [0.2, 0.25) is 10.0 Å². The van der Waals surface area contributed by atoms with Crippen LogP contribution in [0.4, 0.5) is 17.6 Å². The minimum absolute atomic E-state index is 0.0261. The van der Waals surface area contributed by atoms with E-state index in [1.165, 1.54) is 18.3 Å². The lowest BCUT2D eigenvalue weighted by Crippen LogP contribution is -2.35. The van der Waals surface area contributed by atoms with Gasteiger partial charge in [-0.15, -0.1) is 0 Å². The summed E-state index contributed by atoms with van der Waals surface area (Å²) >= 11 is 0. The van der Waals surface area contributed by atoms with Crippen molar-refractivity contribution in [1.82, 2.24) is 14.3 Å². The largest absolute Gasteiger partial charge is 0.347 e. The molecule has 1 aromatic carbocycles. The van der Waals surface area contributed by atoms with Gasteiger partial charge in [-0.3, -0.25) is 0 Å². The predicted octanol–water partition coefficient (Wildman–Crippen LogP) is 5.95. The van der Waals surface area contributed by atoms with Crippen molar-refractivity contribution in [3.05, 3.63) is 53.5 Å². The zero-order chi connectivity index (χ0) is 26.4. The average Bonchev–Trinajstić information content (AvgIpc) is 3.60. The first kappa shape index (κ1) is 26.1. The molecule has 1 atom stereocenters. The van der Waals surface area contributed by atoms with Gasteiger partial charge in [0.05, 0.1) is 5.25 Å². The number of fused-ring (bicyclic) bond motifs is 1. The van der Waals surface area contributed by atoms with Crippen LogP contribution in [-0.2, 0) is 16.6 Å². The number of nitrogens with zero attached hydrogens (tertiary/aromatic N) is 3. The first-order valence-corrected chi connectivity index (χ1v) is 13.0. The van der Waals surface area contributed by atoms with Crippen LogP contribution in [0.2, 0.25) is 0 Å². The molecule has 1 aliphatic carbocycles. The van der Waals surface area contributed by atoms with Gasteiger partial charge in [-0.25, -0.2) is 35.7 Å². The van der Waals surface area contributed by atoms with Crippen LogP contribution in [0.25, 0.3) is 22.0 Å². The van der Waals surface area contributed by atoms with Crippen LogP contribution in [-0.4, -0.2) is 29.6 Å². The Balaban J connectivity index is 1.92. The van der Waals surface area contributed by atoms with Crippen molar-refractivity contribution in [1.29, 1.82) is 5.26 Å². The Hall–Kier alpha value is -2.97. The Bertz CT molecular complexity index is 1430. The van der Waals surface area contributed by atoms with Crippen molar-refractivity contribution >= 4 is 20.9 Å². The van der Waals surface area contributed by atoms with E-state index in [2.05, 4.69) is 9.71 Å². The van der Waals surface area contributed by atoms with E-state index in [-0.39, 0.29) is 33.4 Å². The van der Waals surface area contributed by atoms with Crippen LogP contribution < -0.4 is 4.72 Å². The number of nitriles is 1. The molecule has 192 valence electrons. The summed E-state index contributed by atoms with van der Waals surface area (Å²) < 4.78 is 84.9. The third-order valence-corrected chi connectivity index (χ3v) is 7.94. The summed E-state index contributed by atoms with van der Waals surface area (Å²) in [7, 11) is -3.92. The molecule has 1 fully saturated rings. The van der Waals surface area contributed by atoms with Crippen LogP contribution in [0.1, 0.15) is 62.9 Å². The number of benzene rings is 1. The first-order valence-electron chi connectivity index (χ1n) is 11.4. The Morgan fingerprint density at radius 3 is 2.42 bits per heavy atom. The maximum absolute atomic E-state index is 14.2. The molecule has 0 bridgehead atoms. The number of rotatable bonds is 8. The molecule has 6 nitrogen and oxygen atoms in total. The van der Waals surface area contributed by atoms with Crippen molar-refractivity contribution in [2.45, 2.75) is 64.3 Å². The smallest absolute Gasteiger partial charge is 0.264 e. The number of hydrogen-bond acceptors (Lipinski definition) is 4. The standard InChI is InChI=1S/C25H26F4N4O2S/c1-25(2,3)13-33-12-18(22(24(28)29)32-36(34,35)15-5-6-15)16-7-4-14(10-20(16)33)21-17(23(26)27)8-9-31-19(21)11-30/h4,7-10,12,15,22-24,32H,5-6,13H2,1-3H3. The van der Waals surface area contributed by atoms with Gasteiger partial charge in [-0.2, -0.15) is 5.26 Å². The molecule has 1 unspecified atom stereocenters. The van der Waals surface area contributed by atoms with Crippen molar-refractivity contribution in [2.24, 2.45) is 5.41 Å². The highest BCUT2D eigenvalue weighted by atomic mass is 32.2. The first-order chi connectivity index (χ1) is 16.8. The number of aromatic nitrogens is 2. The summed E-state index contributed by atoms with van der Waals surface area (Å²) in [6.45, 7) is 6.24. The van der Waals surface area contributed by atoms with Crippen LogP contribution in [0.3, 0.4) is 0 Å². The molecule has 11 heteroatoms.